The molecule has 2 rings (SSSR count). The zero-order valence-electron chi connectivity index (χ0n) is 9.27. The molecule has 2 amide bonds. The smallest absolute Gasteiger partial charge is 0.232 e. The molecule has 86 valence electrons. The summed E-state index contributed by atoms with van der Waals surface area (Å²) in [5.41, 5.74) is 0.874. The maximum Gasteiger partial charge on any atom is 0.232 e. The summed E-state index contributed by atoms with van der Waals surface area (Å²) in [4.78, 5) is 31.6. The zero-order valence-corrected chi connectivity index (χ0v) is 9.27. The van der Waals surface area contributed by atoms with E-state index in [9.17, 15) is 9.59 Å². The lowest BCUT2D eigenvalue weighted by molar-refractivity contribution is -0.151. The average Bonchev–Trinajstić information content (AvgIpc) is 2.77. The van der Waals surface area contributed by atoms with Gasteiger partial charge in [0.05, 0.1) is 12.0 Å². The molecule has 0 radical (unpaired) electrons. The third kappa shape index (κ3) is 2.13. The molecule has 1 atom stereocenters. The van der Waals surface area contributed by atoms with E-state index in [2.05, 4.69) is 9.97 Å². The Hall–Kier alpha value is -1.65. The summed E-state index contributed by atoms with van der Waals surface area (Å²) in [6.45, 7) is 2.31. The van der Waals surface area contributed by atoms with Crippen LogP contribution in [0.2, 0.25) is 0 Å². The number of piperidine rings is 1. The van der Waals surface area contributed by atoms with Gasteiger partial charge >= 0.3 is 0 Å². The first-order chi connectivity index (χ1) is 7.68. The Bertz CT molecular complexity index is 386. The predicted octanol–water partition coefficient (Wildman–Crippen LogP) is 0.737. The van der Waals surface area contributed by atoms with Crippen LogP contribution in [0.3, 0.4) is 0 Å². The van der Waals surface area contributed by atoms with Crippen molar-refractivity contribution >= 4 is 11.8 Å². The topological polar surface area (TPSA) is 66.1 Å². The summed E-state index contributed by atoms with van der Waals surface area (Å²) in [6.07, 6.45) is 5.15. The van der Waals surface area contributed by atoms with E-state index < -0.39 is 0 Å². The van der Waals surface area contributed by atoms with Crippen molar-refractivity contribution in [3.05, 3.63) is 18.2 Å². The van der Waals surface area contributed by atoms with Crippen molar-refractivity contribution in [1.82, 2.24) is 14.9 Å². The molecule has 1 aliphatic rings. The van der Waals surface area contributed by atoms with Crippen LogP contribution in [0.15, 0.2) is 12.5 Å². The number of imide groups is 1. The lowest BCUT2D eigenvalue weighted by Gasteiger charge is -2.28. The molecule has 0 spiro atoms. The third-order valence-corrected chi connectivity index (χ3v) is 2.93. The first-order valence-corrected chi connectivity index (χ1v) is 5.50. The van der Waals surface area contributed by atoms with Crippen LogP contribution >= 0.6 is 0 Å². The molecule has 1 aromatic rings. The first kappa shape index (κ1) is 10.9. The SMILES string of the molecule is CC1CCC(=O)N(CCc2c[nH]cn2)C1=O. The Labute approximate surface area is 93.9 Å². The molecular weight excluding hydrogens is 206 g/mol. The normalized spacial score (nSPS) is 21.6. The fourth-order valence-electron chi connectivity index (χ4n) is 1.88. The van der Waals surface area contributed by atoms with E-state index in [1.54, 1.807) is 12.5 Å². The Morgan fingerprint density at radius 1 is 1.56 bits per heavy atom. The van der Waals surface area contributed by atoms with E-state index in [0.717, 1.165) is 5.69 Å². The molecule has 0 aliphatic carbocycles. The molecule has 1 aromatic heterocycles. The third-order valence-electron chi connectivity index (χ3n) is 2.93. The van der Waals surface area contributed by atoms with Gasteiger partial charge in [-0.15, -0.1) is 0 Å². The Balaban J connectivity index is 1.97. The molecule has 5 nitrogen and oxygen atoms in total. The first-order valence-electron chi connectivity index (χ1n) is 5.50. The van der Waals surface area contributed by atoms with E-state index in [1.807, 2.05) is 6.92 Å². The summed E-state index contributed by atoms with van der Waals surface area (Å²) < 4.78 is 0. The van der Waals surface area contributed by atoms with Gasteiger partial charge < -0.3 is 4.98 Å². The van der Waals surface area contributed by atoms with Crippen molar-refractivity contribution in [2.75, 3.05) is 6.54 Å². The van der Waals surface area contributed by atoms with Crippen LogP contribution in [0.25, 0.3) is 0 Å². The van der Waals surface area contributed by atoms with Crippen molar-refractivity contribution in [3.63, 3.8) is 0 Å². The number of hydrogen-bond donors (Lipinski definition) is 1. The number of nitrogens with one attached hydrogen (secondary N) is 1. The van der Waals surface area contributed by atoms with Crippen molar-refractivity contribution in [3.8, 4) is 0 Å². The maximum atomic E-state index is 11.8. The van der Waals surface area contributed by atoms with Gasteiger partial charge in [-0.3, -0.25) is 14.5 Å². The van der Waals surface area contributed by atoms with Gasteiger partial charge in [-0.25, -0.2) is 4.98 Å². The van der Waals surface area contributed by atoms with Crippen molar-refractivity contribution < 1.29 is 9.59 Å². The minimum atomic E-state index is -0.0568. The average molecular weight is 221 g/mol. The second kappa shape index (κ2) is 4.47. The van der Waals surface area contributed by atoms with Gasteiger partial charge in [-0.1, -0.05) is 6.92 Å². The number of hydrogen-bond acceptors (Lipinski definition) is 3. The number of H-pyrrole nitrogens is 1. The van der Waals surface area contributed by atoms with Gasteiger partial charge in [-0.05, 0) is 6.42 Å². The Kier molecular flexibility index (Phi) is 3.03. The number of nitrogens with zero attached hydrogens (tertiary/aromatic N) is 2. The quantitative estimate of drug-likeness (QED) is 0.765. The van der Waals surface area contributed by atoms with E-state index >= 15 is 0 Å². The number of carbonyl (C=O) groups is 2. The van der Waals surface area contributed by atoms with Gasteiger partial charge in [0.2, 0.25) is 11.8 Å². The fraction of sp³-hybridized carbons (Fsp3) is 0.545. The highest BCUT2D eigenvalue weighted by Gasteiger charge is 2.30. The Morgan fingerprint density at radius 3 is 3.06 bits per heavy atom. The van der Waals surface area contributed by atoms with Crippen molar-refractivity contribution in [1.29, 1.82) is 0 Å². The van der Waals surface area contributed by atoms with Crippen LogP contribution in [0, 0.1) is 5.92 Å². The molecule has 1 N–H and O–H groups in total. The largest absolute Gasteiger partial charge is 0.351 e. The number of likely N-dealkylation sites (tertiary alicyclic amines) is 1. The summed E-state index contributed by atoms with van der Waals surface area (Å²) >= 11 is 0. The fourth-order valence-corrected chi connectivity index (χ4v) is 1.88. The number of rotatable bonds is 3. The van der Waals surface area contributed by atoms with Gasteiger partial charge in [0.15, 0.2) is 0 Å². The second-order valence-electron chi connectivity index (χ2n) is 4.13. The van der Waals surface area contributed by atoms with E-state index in [-0.39, 0.29) is 17.7 Å². The second-order valence-corrected chi connectivity index (χ2v) is 4.13. The molecule has 0 aromatic carbocycles. The highest BCUT2D eigenvalue weighted by atomic mass is 16.2. The van der Waals surface area contributed by atoms with Crippen molar-refractivity contribution in [2.24, 2.45) is 5.92 Å². The van der Waals surface area contributed by atoms with Gasteiger partial charge in [0, 0.05) is 31.5 Å². The van der Waals surface area contributed by atoms with Gasteiger partial charge in [0.25, 0.3) is 0 Å². The van der Waals surface area contributed by atoms with Crippen LogP contribution in [0.1, 0.15) is 25.5 Å². The summed E-state index contributed by atoms with van der Waals surface area (Å²) in [7, 11) is 0. The number of amides is 2. The molecule has 1 fully saturated rings. The van der Waals surface area contributed by atoms with E-state index in [0.29, 0.717) is 25.8 Å². The van der Waals surface area contributed by atoms with Crippen LogP contribution in [0.4, 0.5) is 0 Å². The number of aromatic nitrogens is 2. The molecule has 16 heavy (non-hydrogen) atoms. The molecule has 1 unspecified atom stereocenters. The van der Waals surface area contributed by atoms with E-state index in [4.69, 9.17) is 0 Å². The van der Waals surface area contributed by atoms with E-state index in [1.165, 1.54) is 4.90 Å². The molecule has 0 saturated carbocycles. The number of imidazole rings is 1. The van der Waals surface area contributed by atoms with Gasteiger partial charge in [-0.2, -0.15) is 0 Å². The molecular formula is C11H15N3O2. The minimum absolute atomic E-state index is 0.0307. The molecule has 1 aliphatic heterocycles. The lowest BCUT2D eigenvalue weighted by Crippen LogP contribution is -2.45. The monoisotopic (exact) mass is 221 g/mol. The van der Waals surface area contributed by atoms with Crippen molar-refractivity contribution in [2.45, 2.75) is 26.2 Å². The Morgan fingerprint density at radius 2 is 2.38 bits per heavy atom. The highest BCUT2D eigenvalue weighted by Crippen LogP contribution is 2.18. The number of carbonyl (C=O) groups excluding carboxylic acids is 2. The van der Waals surface area contributed by atoms with Crippen LogP contribution < -0.4 is 0 Å². The lowest BCUT2D eigenvalue weighted by atomic mass is 9.98. The molecule has 5 heteroatoms. The van der Waals surface area contributed by atoms with Crippen LogP contribution in [0.5, 0.6) is 0 Å². The summed E-state index contributed by atoms with van der Waals surface area (Å²) in [6, 6.07) is 0. The highest BCUT2D eigenvalue weighted by molar-refractivity contribution is 5.98. The summed E-state index contributed by atoms with van der Waals surface area (Å²) in [5, 5.41) is 0. The van der Waals surface area contributed by atoms with Gasteiger partial charge in [0.1, 0.15) is 0 Å². The maximum absolute atomic E-state index is 11.8. The molecule has 0 bridgehead atoms. The number of aromatic amines is 1. The molecule has 1 saturated heterocycles. The predicted molar refractivity (Wildman–Crippen MR) is 57.4 cm³/mol. The molecule has 2 heterocycles. The summed E-state index contributed by atoms with van der Waals surface area (Å²) in [5.74, 6) is -0.137. The zero-order chi connectivity index (χ0) is 11.5. The standard InChI is InChI=1S/C11H15N3O2/c1-8-2-3-10(15)14(11(8)16)5-4-9-6-12-7-13-9/h6-8H,2-5H2,1H3,(H,12,13). The van der Waals surface area contributed by atoms with Crippen LogP contribution in [-0.2, 0) is 16.0 Å². The minimum Gasteiger partial charge on any atom is -0.351 e. The van der Waals surface area contributed by atoms with Crippen LogP contribution in [-0.4, -0.2) is 33.2 Å².